The molecule has 0 saturated carbocycles. The fourth-order valence-corrected chi connectivity index (χ4v) is 3.64. The lowest BCUT2D eigenvalue weighted by molar-refractivity contribution is 0.172. The zero-order valence-electron chi connectivity index (χ0n) is 14.1. The second-order valence-corrected chi connectivity index (χ2v) is 8.25. The van der Waals surface area contributed by atoms with Gasteiger partial charge in [-0.3, -0.25) is 0 Å². The highest BCUT2D eigenvalue weighted by Crippen LogP contribution is 2.18. The number of nitrogens with zero attached hydrogens (tertiary/aromatic N) is 1. The summed E-state index contributed by atoms with van der Waals surface area (Å²) in [6.45, 7) is 1.34. The number of aliphatic hydroxyl groups is 1. The molecular formula is C16H24FN3O4S. The molecule has 0 bridgehead atoms. The lowest BCUT2D eigenvalue weighted by Crippen LogP contribution is -2.43. The molecule has 1 aliphatic heterocycles. The highest BCUT2D eigenvalue weighted by molar-refractivity contribution is 7.88. The normalized spacial score (nSPS) is 17.9. The maximum Gasteiger partial charge on any atom is 0.314 e. The molecule has 1 aromatic carbocycles. The molecule has 0 spiro atoms. The SMILES string of the molecule is CS(=O)(=O)N1CCC(CNC(=O)NCC(O)c2cccc(F)c2)CC1. The largest absolute Gasteiger partial charge is 0.387 e. The van der Waals surface area contributed by atoms with Gasteiger partial charge >= 0.3 is 6.03 Å². The molecule has 2 amide bonds. The molecule has 1 unspecified atom stereocenters. The molecular weight excluding hydrogens is 349 g/mol. The molecule has 2 rings (SSSR count). The molecule has 25 heavy (non-hydrogen) atoms. The van der Waals surface area contributed by atoms with E-state index in [1.165, 1.54) is 28.8 Å². The summed E-state index contributed by atoms with van der Waals surface area (Å²) in [5.74, 6) is -0.224. The second kappa shape index (κ2) is 8.59. The van der Waals surface area contributed by atoms with Gasteiger partial charge < -0.3 is 15.7 Å². The minimum absolute atomic E-state index is 0.0260. The fraction of sp³-hybridized carbons (Fsp3) is 0.562. The van der Waals surface area contributed by atoms with Crippen molar-refractivity contribution >= 4 is 16.1 Å². The Kier molecular flexibility index (Phi) is 6.74. The van der Waals surface area contributed by atoms with Crippen LogP contribution in [0.3, 0.4) is 0 Å². The van der Waals surface area contributed by atoms with Crippen LogP contribution in [-0.4, -0.2) is 56.3 Å². The smallest absolute Gasteiger partial charge is 0.314 e. The van der Waals surface area contributed by atoms with Crippen LogP contribution in [0.2, 0.25) is 0 Å². The molecule has 140 valence electrons. The summed E-state index contributed by atoms with van der Waals surface area (Å²) < 4.78 is 37.4. The van der Waals surface area contributed by atoms with E-state index in [1.807, 2.05) is 0 Å². The molecule has 1 aromatic rings. The Morgan fingerprint density at radius 1 is 1.36 bits per heavy atom. The molecule has 0 aromatic heterocycles. The summed E-state index contributed by atoms with van der Waals surface area (Å²) in [5, 5.41) is 15.2. The highest BCUT2D eigenvalue weighted by Gasteiger charge is 2.25. The van der Waals surface area contributed by atoms with Gasteiger partial charge in [-0.1, -0.05) is 12.1 Å². The number of halogens is 1. The van der Waals surface area contributed by atoms with Gasteiger partial charge in [0, 0.05) is 26.2 Å². The monoisotopic (exact) mass is 373 g/mol. The van der Waals surface area contributed by atoms with Crippen molar-refractivity contribution in [2.45, 2.75) is 18.9 Å². The maximum absolute atomic E-state index is 13.1. The number of sulfonamides is 1. The van der Waals surface area contributed by atoms with Crippen LogP contribution >= 0.6 is 0 Å². The Bertz CT molecular complexity index is 690. The van der Waals surface area contributed by atoms with Crippen LogP contribution in [0.25, 0.3) is 0 Å². The third-order valence-electron chi connectivity index (χ3n) is 4.28. The molecule has 7 nitrogen and oxygen atoms in total. The van der Waals surface area contributed by atoms with E-state index in [4.69, 9.17) is 0 Å². The van der Waals surface area contributed by atoms with Crippen LogP contribution in [0.15, 0.2) is 24.3 Å². The highest BCUT2D eigenvalue weighted by atomic mass is 32.2. The van der Waals surface area contributed by atoms with Crippen molar-refractivity contribution in [1.29, 1.82) is 0 Å². The van der Waals surface area contributed by atoms with Gasteiger partial charge in [0.2, 0.25) is 10.0 Å². The Labute approximate surface area is 147 Å². The quantitative estimate of drug-likeness (QED) is 0.688. The van der Waals surface area contributed by atoms with Gasteiger partial charge in [-0.2, -0.15) is 0 Å². The third kappa shape index (κ3) is 6.26. The number of hydrogen-bond acceptors (Lipinski definition) is 4. The van der Waals surface area contributed by atoms with Gasteiger partial charge in [-0.15, -0.1) is 0 Å². The molecule has 1 atom stereocenters. The zero-order valence-corrected chi connectivity index (χ0v) is 14.9. The van der Waals surface area contributed by atoms with Gasteiger partial charge in [-0.05, 0) is 36.5 Å². The molecule has 3 N–H and O–H groups in total. The van der Waals surface area contributed by atoms with Gasteiger partial charge in [0.05, 0.1) is 12.4 Å². The van der Waals surface area contributed by atoms with Crippen molar-refractivity contribution in [3.8, 4) is 0 Å². The van der Waals surface area contributed by atoms with Crippen molar-refractivity contribution in [3.63, 3.8) is 0 Å². The van der Waals surface area contributed by atoms with Gasteiger partial charge in [0.1, 0.15) is 5.82 Å². The van der Waals surface area contributed by atoms with Crippen LogP contribution in [0, 0.1) is 11.7 Å². The lowest BCUT2D eigenvalue weighted by atomic mass is 9.98. The number of piperidine rings is 1. The van der Waals surface area contributed by atoms with Gasteiger partial charge in [0.25, 0.3) is 0 Å². The first kappa shape index (κ1) is 19.6. The first-order valence-electron chi connectivity index (χ1n) is 8.16. The maximum atomic E-state index is 13.1. The molecule has 0 radical (unpaired) electrons. The van der Waals surface area contributed by atoms with Crippen LogP contribution in [0.5, 0.6) is 0 Å². The van der Waals surface area contributed by atoms with Crippen molar-refractivity contribution in [2.75, 3.05) is 32.4 Å². The minimum Gasteiger partial charge on any atom is -0.387 e. The molecule has 1 saturated heterocycles. The van der Waals surface area contributed by atoms with E-state index in [1.54, 1.807) is 6.07 Å². The van der Waals surface area contributed by atoms with Crippen molar-refractivity contribution < 1.29 is 22.7 Å². The Balaban J connectivity index is 1.68. The average molecular weight is 373 g/mol. The first-order chi connectivity index (χ1) is 11.8. The number of hydrogen-bond donors (Lipinski definition) is 3. The molecule has 1 heterocycles. The number of aliphatic hydroxyl groups excluding tert-OH is 1. The molecule has 1 aliphatic rings. The topological polar surface area (TPSA) is 98.7 Å². The van der Waals surface area contributed by atoms with Crippen molar-refractivity contribution in [2.24, 2.45) is 5.92 Å². The summed E-state index contributed by atoms with van der Waals surface area (Å²) in [7, 11) is -3.15. The van der Waals surface area contributed by atoms with Crippen molar-refractivity contribution in [1.82, 2.24) is 14.9 Å². The number of carbonyl (C=O) groups is 1. The Morgan fingerprint density at radius 3 is 2.64 bits per heavy atom. The molecule has 0 aliphatic carbocycles. The van der Waals surface area contributed by atoms with E-state index in [2.05, 4.69) is 10.6 Å². The number of urea groups is 1. The van der Waals surface area contributed by atoms with Crippen LogP contribution in [0.4, 0.5) is 9.18 Å². The van der Waals surface area contributed by atoms with Gasteiger partial charge in [-0.25, -0.2) is 21.9 Å². The fourth-order valence-electron chi connectivity index (χ4n) is 2.77. The number of nitrogens with one attached hydrogen (secondary N) is 2. The number of carbonyl (C=O) groups excluding carboxylic acids is 1. The summed E-state index contributed by atoms with van der Waals surface area (Å²) >= 11 is 0. The Morgan fingerprint density at radius 2 is 2.04 bits per heavy atom. The van der Waals surface area contributed by atoms with E-state index < -0.39 is 28.0 Å². The number of amides is 2. The summed E-state index contributed by atoms with van der Waals surface area (Å²) in [5.41, 5.74) is 0.397. The predicted molar refractivity (Wildman–Crippen MR) is 91.9 cm³/mol. The molecule has 1 fully saturated rings. The number of benzene rings is 1. The van der Waals surface area contributed by atoms with E-state index in [9.17, 15) is 22.7 Å². The predicted octanol–water partition coefficient (Wildman–Crippen LogP) is 0.830. The minimum atomic E-state index is -3.15. The van der Waals surface area contributed by atoms with E-state index in [-0.39, 0.29) is 12.5 Å². The Hall–Kier alpha value is -1.71. The summed E-state index contributed by atoms with van der Waals surface area (Å²) in [6, 6.07) is 5.17. The van der Waals surface area contributed by atoms with E-state index in [0.717, 1.165) is 0 Å². The zero-order chi connectivity index (χ0) is 18.4. The standard InChI is InChI=1S/C16H24FN3O4S/c1-25(23,24)20-7-5-12(6-8-20)10-18-16(22)19-11-15(21)13-3-2-4-14(17)9-13/h2-4,9,12,15,21H,5-8,10-11H2,1H3,(H2,18,19,22). The van der Waals surface area contributed by atoms with E-state index >= 15 is 0 Å². The first-order valence-corrected chi connectivity index (χ1v) is 10.0. The van der Waals surface area contributed by atoms with Crippen LogP contribution in [0.1, 0.15) is 24.5 Å². The third-order valence-corrected chi connectivity index (χ3v) is 5.59. The van der Waals surface area contributed by atoms with E-state index in [0.29, 0.717) is 38.0 Å². The van der Waals surface area contributed by atoms with Gasteiger partial charge in [0.15, 0.2) is 0 Å². The van der Waals surface area contributed by atoms with Crippen LogP contribution < -0.4 is 10.6 Å². The summed E-state index contributed by atoms with van der Waals surface area (Å²) in [4.78, 5) is 11.8. The summed E-state index contributed by atoms with van der Waals surface area (Å²) in [6.07, 6.45) is 1.60. The number of rotatable bonds is 6. The second-order valence-electron chi connectivity index (χ2n) is 6.27. The average Bonchev–Trinajstić information content (AvgIpc) is 2.57. The van der Waals surface area contributed by atoms with Crippen LogP contribution in [-0.2, 0) is 10.0 Å². The lowest BCUT2D eigenvalue weighted by Gasteiger charge is -2.30. The molecule has 9 heteroatoms. The van der Waals surface area contributed by atoms with Crippen molar-refractivity contribution in [3.05, 3.63) is 35.6 Å².